The number of rotatable bonds is 6. The van der Waals surface area contributed by atoms with E-state index in [-0.39, 0.29) is 6.61 Å². The molecule has 0 radical (unpaired) electrons. The van der Waals surface area contributed by atoms with Gasteiger partial charge in [0, 0.05) is 18.3 Å². The smallest absolute Gasteiger partial charge is 0.0640 e. The Morgan fingerprint density at radius 1 is 1.35 bits per heavy atom. The summed E-state index contributed by atoms with van der Waals surface area (Å²) in [5, 5.41) is 16.5. The Balaban J connectivity index is 1.66. The van der Waals surface area contributed by atoms with Crippen molar-refractivity contribution in [3.8, 4) is 0 Å². The first kappa shape index (κ1) is 12.6. The number of aliphatic hydroxyl groups is 1. The fourth-order valence-electron chi connectivity index (χ4n) is 2.53. The average molecular weight is 237 g/mol. The summed E-state index contributed by atoms with van der Waals surface area (Å²) in [6.45, 7) is 2.76. The van der Waals surface area contributed by atoms with E-state index in [1.165, 1.54) is 37.7 Å². The van der Waals surface area contributed by atoms with Crippen molar-refractivity contribution >= 4 is 0 Å². The van der Waals surface area contributed by atoms with Gasteiger partial charge in [-0.3, -0.25) is 4.68 Å². The van der Waals surface area contributed by atoms with Gasteiger partial charge in [-0.1, -0.05) is 19.3 Å². The summed E-state index contributed by atoms with van der Waals surface area (Å²) >= 11 is 0. The van der Waals surface area contributed by atoms with Crippen LogP contribution < -0.4 is 5.32 Å². The molecule has 0 aromatic carbocycles. The van der Waals surface area contributed by atoms with Crippen LogP contribution in [0.1, 0.15) is 37.7 Å². The van der Waals surface area contributed by atoms with E-state index in [1.807, 2.05) is 12.4 Å². The van der Waals surface area contributed by atoms with E-state index in [9.17, 15) is 0 Å². The van der Waals surface area contributed by atoms with Crippen LogP contribution in [-0.2, 0) is 13.1 Å². The monoisotopic (exact) mass is 237 g/mol. The van der Waals surface area contributed by atoms with Gasteiger partial charge in [0.05, 0.1) is 19.3 Å². The van der Waals surface area contributed by atoms with Crippen molar-refractivity contribution in [2.45, 2.75) is 45.2 Å². The van der Waals surface area contributed by atoms with Gasteiger partial charge in [0.2, 0.25) is 0 Å². The van der Waals surface area contributed by atoms with Gasteiger partial charge in [-0.2, -0.15) is 5.10 Å². The van der Waals surface area contributed by atoms with Gasteiger partial charge in [-0.15, -0.1) is 0 Å². The Hall–Kier alpha value is -0.870. The number of aliphatic hydroxyl groups excluding tert-OH is 1. The second kappa shape index (κ2) is 6.77. The molecule has 0 unspecified atom stereocenters. The van der Waals surface area contributed by atoms with Crippen LogP contribution in [-0.4, -0.2) is 28.0 Å². The third-order valence-electron chi connectivity index (χ3n) is 3.50. The molecule has 1 saturated carbocycles. The first-order valence-electron chi connectivity index (χ1n) is 6.71. The molecule has 1 fully saturated rings. The molecule has 1 aromatic rings. The number of nitrogens with zero attached hydrogens (tertiary/aromatic N) is 2. The number of nitrogens with one attached hydrogen (secondary N) is 1. The Labute approximate surface area is 103 Å². The Morgan fingerprint density at radius 2 is 2.18 bits per heavy atom. The SMILES string of the molecule is OCCn1cc(CNCC2CCCCC2)cn1. The lowest BCUT2D eigenvalue weighted by Crippen LogP contribution is -2.23. The largest absolute Gasteiger partial charge is 0.394 e. The standard InChI is InChI=1S/C13H23N3O/c17-7-6-16-11-13(10-15-16)9-14-8-12-4-2-1-3-5-12/h10-12,14,17H,1-9H2. The van der Waals surface area contributed by atoms with E-state index in [2.05, 4.69) is 10.4 Å². The first-order valence-corrected chi connectivity index (χ1v) is 6.71. The summed E-state index contributed by atoms with van der Waals surface area (Å²) in [5.41, 5.74) is 1.20. The van der Waals surface area contributed by atoms with E-state index in [1.54, 1.807) is 4.68 Å². The van der Waals surface area contributed by atoms with Crippen molar-refractivity contribution in [2.24, 2.45) is 5.92 Å². The molecule has 0 amide bonds. The normalized spacial score (nSPS) is 17.5. The fourth-order valence-corrected chi connectivity index (χ4v) is 2.53. The van der Waals surface area contributed by atoms with Crippen molar-refractivity contribution < 1.29 is 5.11 Å². The van der Waals surface area contributed by atoms with Gasteiger partial charge in [-0.05, 0) is 25.3 Å². The summed E-state index contributed by atoms with van der Waals surface area (Å²) in [6, 6.07) is 0. The maximum Gasteiger partial charge on any atom is 0.0640 e. The molecule has 2 rings (SSSR count). The van der Waals surface area contributed by atoms with Crippen LogP contribution in [0, 0.1) is 5.92 Å². The van der Waals surface area contributed by atoms with Gasteiger partial charge in [0.15, 0.2) is 0 Å². The molecule has 4 heteroatoms. The van der Waals surface area contributed by atoms with Crippen molar-refractivity contribution in [2.75, 3.05) is 13.2 Å². The quantitative estimate of drug-likeness (QED) is 0.789. The number of hydrogen-bond acceptors (Lipinski definition) is 3. The maximum absolute atomic E-state index is 8.80. The molecule has 1 aromatic heterocycles. The van der Waals surface area contributed by atoms with Gasteiger partial charge in [-0.25, -0.2) is 0 Å². The molecule has 0 saturated heterocycles. The highest BCUT2D eigenvalue weighted by Crippen LogP contribution is 2.22. The summed E-state index contributed by atoms with van der Waals surface area (Å²) < 4.78 is 1.79. The molecule has 0 atom stereocenters. The molecule has 1 aliphatic carbocycles. The maximum atomic E-state index is 8.80. The van der Waals surface area contributed by atoms with Crippen LogP contribution in [0.15, 0.2) is 12.4 Å². The topological polar surface area (TPSA) is 50.1 Å². The summed E-state index contributed by atoms with van der Waals surface area (Å²) in [4.78, 5) is 0. The van der Waals surface area contributed by atoms with Gasteiger partial charge >= 0.3 is 0 Å². The minimum absolute atomic E-state index is 0.149. The highest BCUT2D eigenvalue weighted by molar-refractivity contribution is 5.03. The third-order valence-corrected chi connectivity index (χ3v) is 3.50. The Morgan fingerprint density at radius 3 is 2.94 bits per heavy atom. The van der Waals surface area contributed by atoms with E-state index in [0.717, 1.165) is 19.0 Å². The zero-order valence-corrected chi connectivity index (χ0v) is 10.4. The van der Waals surface area contributed by atoms with Crippen molar-refractivity contribution in [3.63, 3.8) is 0 Å². The molecule has 0 aliphatic heterocycles. The lowest BCUT2D eigenvalue weighted by molar-refractivity contribution is 0.269. The molecule has 0 bridgehead atoms. The number of aromatic nitrogens is 2. The van der Waals surface area contributed by atoms with E-state index in [4.69, 9.17) is 5.11 Å². The predicted octanol–water partition coefficient (Wildman–Crippen LogP) is 1.55. The summed E-state index contributed by atoms with van der Waals surface area (Å²) in [7, 11) is 0. The molecule has 96 valence electrons. The number of hydrogen-bond donors (Lipinski definition) is 2. The van der Waals surface area contributed by atoms with E-state index < -0.39 is 0 Å². The second-order valence-electron chi connectivity index (χ2n) is 4.97. The van der Waals surface area contributed by atoms with Gasteiger partial charge in [0.25, 0.3) is 0 Å². The van der Waals surface area contributed by atoms with Gasteiger partial charge < -0.3 is 10.4 Å². The van der Waals surface area contributed by atoms with E-state index in [0.29, 0.717) is 6.54 Å². The molecular weight excluding hydrogens is 214 g/mol. The first-order chi connectivity index (χ1) is 8.38. The average Bonchev–Trinajstić information content (AvgIpc) is 2.79. The van der Waals surface area contributed by atoms with Crippen molar-refractivity contribution in [1.29, 1.82) is 0 Å². The third kappa shape index (κ3) is 4.13. The Bertz CT molecular complexity index is 318. The molecule has 2 N–H and O–H groups in total. The lowest BCUT2D eigenvalue weighted by atomic mass is 9.89. The van der Waals surface area contributed by atoms with Crippen molar-refractivity contribution in [1.82, 2.24) is 15.1 Å². The molecule has 1 aliphatic rings. The second-order valence-corrected chi connectivity index (χ2v) is 4.97. The molecule has 1 heterocycles. The predicted molar refractivity (Wildman–Crippen MR) is 67.6 cm³/mol. The zero-order valence-electron chi connectivity index (χ0n) is 10.4. The fraction of sp³-hybridized carbons (Fsp3) is 0.769. The van der Waals surface area contributed by atoms with Crippen LogP contribution >= 0.6 is 0 Å². The molecule has 4 nitrogen and oxygen atoms in total. The summed E-state index contributed by atoms with van der Waals surface area (Å²) in [5.74, 6) is 0.872. The molecular formula is C13H23N3O. The van der Waals surface area contributed by atoms with Crippen LogP contribution in [0.25, 0.3) is 0 Å². The van der Waals surface area contributed by atoms with Gasteiger partial charge in [0.1, 0.15) is 0 Å². The summed E-state index contributed by atoms with van der Waals surface area (Å²) in [6.07, 6.45) is 10.9. The van der Waals surface area contributed by atoms with Crippen molar-refractivity contribution in [3.05, 3.63) is 18.0 Å². The minimum atomic E-state index is 0.149. The zero-order chi connectivity index (χ0) is 11.9. The van der Waals surface area contributed by atoms with Crippen LogP contribution in [0.2, 0.25) is 0 Å². The highest BCUT2D eigenvalue weighted by Gasteiger charge is 2.12. The lowest BCUT2D eigenvalue weighted by Gasteiger charge is -2.21. The molecule has 0 spiro atoms. The minimum Gasteiger partial charge on any atom is -0.394 e. The molecule has 17 heavy (non-hydrogen) atoms. The van der Waals surface area contributed by atoms with Crippen LogP contribution in [0.3, 0.4) is 0 Å². The van der Waals surface area contributed by atoms with Crippen LogP contribution in [0.5, 0.6) is 0 Å². The van der Waals surface area contributed by atoms with E-state index >= 15 is 0 Å². The Kier molecular flexibility index (Phi) is 5.01. The highest BCUT2D eigenvalue weighted by atomic mass is 16.3. The van der Waals surface area contributed by atoms with Crippen LogP contribution in [0.4, 0.5) is 0 Å².